The van der Waals surface area contributed by atoms with Crippen LogP contribution in [0.2, 0.25) is 0 Å². The van der Waals surface area contributed by atoms with Crippen molar-refractivity contribution in [3.05, 3.63) is 29.3 Å². The van der Waals surface area contributed by atoms with Crippen molar-refractivity contribution in [2.24, 2.45) is 11.1 Å². The van der Waals surface area contributed by atoms with Crippen LogP contribution in [0.3, 0.4) is 0 Å². The molecule has 23 heavy (non-hydrogen) atoms. The van der Waals surface area contributed by atoms with Gasteiger partial charge in [0, 0.05) is 25.3 Å². The van der Waals surface area contributed by atoms with Crippen molar-refractivity contribution in [3.63, 3.8) is 0 Å². The molecular weight excluding hydrogens is 296 g/mol. The fourth-order valence-corrected chi connectivity index (χ4v) is 2.82. The van der Waals surface area contributed by atoms with Gasteiger partial charge in [0.2, 0.25) is 11.8 Å². The zero-order valence-corrected chi connectivity index (χ0v) is 13.7. The Morgan fingerprint density at radius 2 is 2.04 bits per heavy atom. The monoisotopic (exact) mass is 320 g/mol. The van der Waals surface area contributed by atoms with Gasteiger partial charge >= 0.3 is 0 Å². The van der Waals surface area contributed by atoms with Crippen LogP contribution in [0.5, 0.6) is 5.75 Å². The molecule has 0 atom stereocenters. The third-order valence-electron chi connectivity index (χ3n) is 4.38. The molecule has 0 radical (unpaired) electrons. The molecule has 2 amide bonds. The first-order chi connectivity index (χ1) is 11.0. The smallest absolute Gasteiger partial charge is 0.225 e. The van der Waals surface area contributed by atoms with Crippen molar-refractivity contribution in [1.29, 1.82) is 0 Å². The predicted molar refractivity (Wildman–Crippen MR) is 86.1 cm³/mol. The maximum Gasteiger partial charge on any atom is 0.225 e. The largest absolute Gasteiger partial charge is 0.496 e. The number of carbonyl (C=O) groups excluding carboxylic acids is 2. The van der Waals surface area contributed by atoms with Crippen LogP contribution in [0.4, 0.5) is 0 Å². The second-order valence-corrected chi connectivity index (χ2v) is 6.03. The molecule has 0 unspecified atom stereocenters. The van der Waals surface area contributed by atoms with Crippen molar-refractivity contribution >= 4 is 11.8 Å². The van der Waals surface area contributed by atoms with Crippen molar-refractivity contribution < 1.29 is 19.1 Å². The normalized spacial score (nSPS) is 16.6. The van der Waals surface area contributed by atoms with Gasteiger partial charge in [-0.3, -0.25) is 9.59 Å². The standard InChI is InChI=1S/C17H24N2O4/c1-12-3-4-14(22-2)13(9-12)10-15(20)19-11-17(16(18)21)5-7-23-8-6-17/h3-4,9H,5-8,10-11H2,1-2H3,(H2,18,21)(H,19,20). The first kappa shape index (κ1) is 17.3. The predicted octanol–water partition coefficient (Wildman–Crippen LogP) is 0.944. The molecule has 0 saturated carbocycles. The van der Waals surface area contributed by atoms with Crippen molar-refractivity contribution in [2.45, 2.75) is 26.2 Å². The Labute approximate surface area is 136 Å². The maximum absolute atomic E-state index is 12.2. The molecule has 0 aliphatic carbocycles. The molecule has 3 N–H and O–H groups in total. The first-order valence-corrected chi connectivity index (χ1v) is 7.75. The van der Waals surface area contributed by atoms with Crippen LogP contribution in [0.25, 0.3) is 0 Å². The van der Waals surface area contributed by atoms with Crippen molar-refractivity contribution in [1.82, 2.24) is 5.32 Å². The minimum Gasteiger partial charge on any atom is -0.496 e. The first-order valence-electron chi connectivity index (χ1n) is 7.75. The van der Waals surface area contributed by atoms with Gasteiger partial charge in [-0.1, -0.05) is 17.7 Å². The van der Waals surface area contributed by atoms with Gasteiger partial charge in [0.1, 0.15) is 5.75 Å². The van der Waals surface area contributed by atoms with Crippen LogP contribution in [0.15, 0.2) is 18.2 Å². The molecule has 2 rings (SSSR count). The number of carbonyl (C=O) groups is 2. The summed E-state index contributed by atoms with van der Waals surface area (Å²) in [6, 6.07) is 5.71. The summed E-state index contributed by atoms with van der Waals surface area (Å²) in [7, 11) is 1.58. The molecular formula is C17H24N2O4. The number of nitrogens with one attached hydrogen (secondary N) is 1. The molecule has 0 aromatic heterocycles. The van der Waals surface area contributed by atoms with E-state index in [1.807, 2.05) is 25.1 Å². The number of aryl methyl sites for hydroxylation is 1. The quantitative estimate of drug-likeness (QED) is 0.816. The van der Waals surface area contributed by atoms with Crippen LogP contribution in [-0.4, -0.2) is 38.7 Å². The topological polar surface area (TPSA) is 90.6 Å². The van der Waals surface area contributed by atoms with Crippen LogP contribution < -0.4 is 15.8 Å². The van der Waals surface area contributed by atoms with Gasteiger partial charge in [-0.05, 0) is 25.8 Å². The molecule has 6 heteroatoms. The molecule has 1 aliphatic rings. The molecule has 1 aromatic rings. The van der Waals surface area contributed by atoms with Gasteiger partial charge in [-0.2, -0.15) is 0 Å². The number of methoxy groups -OCH3 is 1. The summed E-state index contributed by atoms with van der Waals surface area (Å²) < 4.78 is 10.6. The SMILES string of the molecule is COc1ccc(C)cc1CC(=O)NCC1(C(N)=O)CCOCC1. The second kappa shape index (κ2) is 7.46. The minimum atomic E-state index is -0.704. The Morgan fingerprint density at radius 3 is 2.65 bits per heavy atom. The number of rotatable bonds is 6. The van der Waals surface area contributed by atoms with E-state index in [0.29, 0.717) is 31.8 Å². The summed E-state index contributed by atoms with van der Waals surface area (Å²) in [5.74, 6) is 0.150. The average Bonchev–Trinajstić information content (AvgIpc) is 2.54. The lowest BCUT2D eigenvalue weighted by molar-refractivity contribution is -0.133. The molecule has 0 bridgehead atoms. The van der Waals surface area contributed by atoms with E-state index < -0.39 is 5.41 Å². The molecule has 126 valence electrons. The van der Waals surface area contributed by atoms with E-state index in [0.717, 1.165) is 11.1 Å². The summed E-state index contributed by atoms with van der Waals surface area (Å²) in [6.45, 7) is 3.19. The minimum absolute atomic E-state index is 0.152. The molecule has 1 aromatic carbocycles. The van der Waals surface area contributed by atoms with Crippen LogP contribution in [0.1, 0.15) is 24.0 Å². The van der Waals surface area contributed by atoms with Crippen LogP contribution >= 0.6 is 0 Å². The Bertz CT molecular complexity index is 580. The third-order valence-corrected chi connectivity index (χ3v) is 4.38. The number of nitrogens with two attached hydrogens (primary N) is 1. The zero-order chi connectivity index (χ0) is 16.9. The average molecular weight is 320 g/mol. The Kier molecular flexibility index (Phi) is 5.60. The number of primary amides is 1. The van der Waals surface area contributed by atoms with E-state index in [1.54, 1.807) is 7.11 Å². The molecule has 1 heterocycles. The van der Waals surface area contributed by atoms with E-state index in [9.17, 15) is 9.59 Å². The molecule has 1 saturated heterocycles. The Morgan fingerprint density at radius 1 is 1.35 bits per heavy atom. The highest BCUT2D eigenvalue weighted by atomic mass is 16.5. The fourth-order valence-electron chi connectivity index (χ4n) is 2.82. The van der Waals surface area contributed by atoms with E-state index in [4.69, 9.17) is 15.2 Å². The summed E-state index contributed by atoms with van der Waals surface area (Å²) in [4.78, 5) is 24.0. The third kappa shape index (κ3) is 4.22. The number of hydrogen-bond donors (Lipinski definition) is 2. The van der Waals surface area contributed by atoms with Crippen molar-refractivity contribution in [2.75, 3.05) is 26.9 Å². The second-order valence-electron chi connectivity index (χ2n) is 6.03. The van der Waals surface area contributed by atoms with Gasteiger partial charge in [0.05, 0.1) is 18.9 Å². The molecule has 0 spiro atoms. The van der Waals surface area contributed by atoms with E-state index in [1.165, 1.54) is 0 Å². The molecule has 1 aliphatic heterocycles. The lowest BCUT2D eigenvalue weighted by atomic mass is 9.79. The van der Waals surface area contributed by atoms with Gasteiger partial charge in [-0.25, -0.2) is 0 Å². The molecule has 6 nitrogen and oxygen atoms in total. The van der Waals surface area contributed by atoms with Gasteiger partial charge in [-0.15, -0.1) is 0 Å². The maximum atomic E-state index is 12.2. The highest BCUT2D eigenvalue weighted by Crippen LogP contribution is 2.29. The summed E-state index contributed by atoms with van der Waals surface area (Å²) in [5.41, 5.74) is 6.72. The number of ether oxygens (including phenoxy) is 2. The summed E-state index contributed by atoms with van der Waals surface area (Å²) >= 11 is 0. The lowest BCUT2D eigenvalue weighted by Crippen LogP contribution is -2.49. The van der Waals surface area contributed by atoms with Gasteiger partial charge in [0.25, 0.3) is 0 Å². The number of benzene rings is 1. The van der Waals surface area contributed by atoms with Gasteiger partial charge in [0.15, 0.2) is 0 Å². The molecule has 1 fully saturated rings. The zero-order valence-electron chi connectivity index (χ0n) is 13.7. The number of amides is 2. The highest BCUT2D eigenvalue weighted by Gasteiger charge is 2.38. The van der Waals surface area contributed by atoms with E-state index >= 15 is 0 Å². The number of hydrogen-bond acceptors (Lipinski definition) is 4. The van der Waals surface area contributed by atoms with Gasteiger partial charge < -0.3 is 20.5 Å². The highest BCUT2D eigenvalue weighted by molar-refractivity contribution is 5.83. The summed E-state index contributed by atoms with van der Waals surface area (Å²) in [6.07, 6.45) is 1.28. The van der Waals surface area contributed by atoms with E-state index in [2.05, 4.69) is 5.32 Å². The van der Waals surface area contributed by atoms with Crippen LogP contribution in [-0.2, 0) is 20.7 Å². The Hall–Kier alpha value is -2.08. The Balaban J connectivity index is 1.99. The fraction of sp³-hybridized carbons (Fsp3) is 0.529. The van der Waals surface area contributed by atoms with Crippen LogP contribution in [0, 0.1) is 12.3 Å². The van der Waals surface area contributed by atoms with E-state index in [-0.39, 0.29) is 24.8 Å². The lowest BCUT2D eigenvalue weighted by Gasteiger charge is -2.34. The van der Waals surface area contributed by atoms with Crippen molar-refractivity contribution in [3.8, 4) is 5.75 Å². The summed E-state index contributed by atoms with van der Waals surface area (Å²) in [5, 5.41) is 2.84.